The molecule has 1 heterocycles. The summed E-state index contributed by atoms with van der Waals surface area (Å²) in [6, 6.07) is 0. The molecule has 4 heteroatoms. The van der Waals surface area contributed by atoms with Gasteiger partial charge in [-0.25, -0.2) is 0 Å². The van der Waals surface area contributed by atoms with Gasteiger partial charge in [0, 0.05) is 12.6 Å². The zero-order valence-corrected chi connectivity index (χ0v) is 13.9. The highest BCUT2D eigenvalue weighted by molar-refractivity contribution is 5.39. The van der Waals surface area contributed by atoms with E-state index in [0.717, 1.165) is 18.4 Å². The summed E-state index contributed by atoms with van der Waals surface area (Å²) in [5.74, 6) is 0.578. The maximum atomic E-state index is 10.1. The Kier molecular flexibility index (Phi) is 9.15. The van der Waals surface area contributed by atoms with Gasteiger partial charge in [0.1, 0.15) is 5.82 Å². The van der Waals surface area contributed by atoms with Crippen LogP contribution in [0.25, 0.3) is 0 Å². The van der Waals surface area contributed by atoms with E-state index >= 15 is 0 Å². The molecule has 0 aliphatic heterocycles. The van der Waals surface area contributed by atoms with Crippen molar-refractivity contribution in [3.05, 3.63) is 11.8 Å². The van der Waals surface area contributed by atoms with Crippen molar-refractivity contribution in [2.75, 3.05) is 5.73 Å². The van der Waals surface area contributed by atoms with E-state index in [0.29, 0.717) is 5.82 Å². The summed E-state index contributed by atoms with van der Waals surface area (Å²) in [4.78, 5) is 0. The number of aryl methyl sites for hydroxylation is 1. The topological polar surface area (TPSA) is 64.1 Å². The van der Waals surface area contributed by atoms with Crippen LogP contribution < -0.4 is 5.73 Å². The fourth-order valence-corrected chi connectivity index (χ4v) is 2.70. The molecule has 1 aromatic heterocycles. The number of aliphatic hydroxyl groups excluding tert-OH is 1. The molecule has 0 saturated heterocycles. The van der Waals surface area contributed by atoms with Crippen LogP contribution in [-0.4, -0.2) is 14.9 Å². The predicted octanol–water partition coefficient (Wildman–Crippen LogP) is 4.35. The van der Waals surface area contributed by atoms with Crippen molar-refractivity contribution < 1.29 is 5.11 Å². The largest absolute Gasteiger partial charge is 0.388 e. The zero-order valence-electron chi connectivity index (χ0n) is 13.9. The van der Waals surface area contributed by atoms with E-state index in [1.807, 2.05) is 0 Å². The minimum atomic E-state index is -0.465. The lowest BCUT2D eigenvalue weighted by atomic mass is 10.0. The standard InChI is InChI=1S/C17H33N3O/c1-3-4-5-6-7-8-9-10-11-12-13-16(21)15-14-19-20(2)17(15)18/h14,16,21H,3-13,18H2,1-2H3. The summed E-state index contributed by atoms with van der Waals surface area (Å²) in [5.41, 5.74) is 6.64. The quantitative estimate of drug-likeness (QED) is 0.564. The van der Waals surface area contributed by atoms with Gasteiger partial charge in [-0.2, -0.15) is 5.10 Å². The molecule has 0 bridgehead atoms. The third-order valence-electron chi connectivity index (χ3n) is 4.20. The second kappa shape index (κ2) is 10.7. The van der Waals surface area contributed by atoms with Crippen LogP contribution in [0, 0.1) is 0 Å². The minimum absolute atomic E-state index is 0.465. The molecule has 0 aliphatic carbocycles. The van der Waals surface area contributed by atoms with Crippen LogP contribution in [0.3, 0.4) is 0 Å². The summed E-state index contributed by atoms with van der Waals surface area (Å²) in [6.07, 6.45) is 15.1. The van der Waals surface area contributed by atoms with Crippen LogP contribution in [0.2, 0.25) is 0 Å². The molecule has 0 amide bonds. The number of nitrogens with two attached hydrogens (primary N) is 1. The third kappa shape index (κ3) is 6.98. The molecule has 1 unspecified atom stereocenters. The lowest BCUT2D eigenvalue weighted by Gasteiger charge is -2.09. The SMILES string of the molecule is CCCCCCCCCCCCC(O)c1cnn(C)c1N. The van der Waals surface area contributed by atoms with Gasteiger partial charge in [0.15, 0.2) is 0 Å². The number of aromatic nitrogens is 2. The van der Waals surface area contributed by atoms with Gasteiger partial charge < -0.3 is 10.8 Å². The van der Waals surface area contributed by atoms with Gasteiger partial charge in [0.05, 0.1) is 12.3 Å². The number of anilines is 1. The average Bonchev–Trinajstić information content (AvgIpc) is 2.81. The molecular weight excluding hydrogens is 262 g/mol. The molecule has 1 aromatic rings. The molecule has 3 N–H and O–H groups in total. The monoisotopic (exact) mass is 295 g/mol. The Morgan fingerprint density at radius 1 is 1.05 bits per heavy atom. The molecule has 1 rings (SSSR count). The Morgan fingerprint density at radius 3 is 2.05 bits per heavy atom. The van der Waals surface area contributed by atoms with Crippen molar-refractivity contribution >= 4 is 5.82 Å². The molecule has 1 atom stereocenters. The molecular formula is C17H33N3O. The second-order valence-corrected chi connectivity index (χ2v) is 6.10. The maximum Gasteiger partial charge on any atom is 0.127 e. The van der Waals surface area contributed by atoms with E-state index < -0.39 is 6.10 Å². The molecule has 21 heavy (non-hydrogen) atoms. The first kappa shape index (κ1) is 18.0. The number of nitrogens with zero attached hydrogens (tertiary/aromatic N) is 2. The van der Waals surface area contributed by atoms with Gasteiger partial charge >= 0.3 is 0 Å². The molecule has 0 spiro atoms. The number of hydrogen-bond donors (Lipinski definition) is 2. The molecule has 4 nitrogen and oxygen atoms in total. The van der Waals surface area contributed by atoms with Gasteiger partial charge in [0.25, 0.3) is 0 Å². The molecule has 0 fully saturated rings. The van der Waals surface area contributed by atoms with Crippen molar-refractivity contribution in [3.8, 4) is 0 Å². The lowest BCUT2D eigenvalue weighted by Crippen LogP contribution is -2.03. The van der Waals surface area contributed by atoms with Crippen LogP contribution in [-0.2, 0) is 7.05 Å². The Bertz CT molecular complexity index is 376. The average molecular weight is 295 g/mol. The molecule has 0 radical (unpaired) electrons. The number of hydrogen-bond acceptors (Lipinski definition) is 3. The van der Waals surface area contributed by atoms with Gasteiger partial charge in [-0.3, -0.25) is 4.68 Å². The molecule has 122 valence electrons. The van der Waals surface area contributed by atoms with Gasteiger partial charge in [-0.1, -0.05) is 71.1 Å². The number of rotatable bonds is 12. The Morgan fingerprint density at radius 2 is 1.57 bits per heavy atom. The van der Waals surface area contributed by atoms with Crippen LogP contribution >= 0.6 is 0 Å². The van der Waals surface area contributed by atoms with Crippen molar-refractivity contribution in [3.63, 3.8) is 0 Å². The number of aliphatic hydroxyl groups is 1. The Hall–Kier alpha value is -1.03. The summed E-state index contributed by atoms with van der Waals surface area (Å²) in [6.45, 7) is 2.26. The van der Waals surface area contributed by atoms with Crippen molar-refractivity contribution in [2.24, 2.45) is 7.05 Å². The summed E-state index contributed by atoms with van der Waals surface area (Å²) >= 11 is 0. The van der Waals surface area contributed by atoms with E-state index in [2.05, 4.69) is 12.0 Å². The third-order valence-corrected chi connectivity index (χ3v) is 4.20. The Labute approximate surface area is 129 Å². The highest BCUT2D eigenvalue weighted by Gasteiger charge is 2.13. The molecule has 0 aliphatic rings. The summed E-state index contributed by atoms with van der Waals surface area (Å²) < 4.78 is 1.61. The van der Waals surface area contributed by atoms with Crippen LogP contribution in [0.1, 0.15) is 89.2 Å². The Balaban J connectivity index is 1.98. The van der Waals surface area contributed by atoms with Crippen LogP contribution in [0.5, 0.6) is 0 Å². The predicted molar refractivity (Wildman–Crippen MR) is 89.0 cm³/mol. The van der Waals surface area contributed by atoms with E-state index in [4.69, 9.17) is 5.73 Å². The second-order valence-electron chi connectivity index (χ2n) is 6.10. The first-order chi connectivity index (χ1) is 10.2. The van der Waals surface area contributed by atoms with Crippen molar-refractivity contribution in [1.82, 2.24) is 9.78 Å². The van der Waals surface area contributed by atoms with Gasteiger partial charge in [-0.15, -0.1) is 0 Å². The van der Waals surface area contributed by atoms with Crippen molar-refractivity contribution in [2.45, 2.75) is 83.7 Å². The summed E-state index contributed by atoms with van der Waals surface area (Å²) in [7, 11) is 1.80. The van der Waals surface area contributed by atoms with Gasteiger partial charge in [-0.05, 0) is 6.42 Å². The molecule has 0 aromatic carbocycles. The first-order valence-corrected chi connectivity index (χ1v) is 8.62. The molecule has 0 saturated carbocycles. The van der Waals surface area contributed by atoms with Crippen molar-refractivity contribution in [1.29, 1.82) is 0 Å². The highest BCUT2D eigenvalue weighted by atomic mass is 16.3. The smallest absolute Gasteiger partial charge is 0.127 e. The fourth-order valence-electron chi connectivity index (χ4n) is 2.70. The van der Waals surface area contributed by atoms with Gasteiger partial charge in [0.2, 0.25) is 0 Å². The zero-order chi connectivity index (χ0) is 15.5. The van der Waals surface area contributed by atoms with E-state index in [9.17, 15) is 5.11 Å². The number of nitrogen functional groups attached to an aromatic ring is 1. The lowest BCUT2D eigenvalue weighted by molar-refractivity contribution is 0.164. The number of unbranched alkanes of at least 4 members (excludes halogenated alkanes) is 9. The first-order valence-electron chi connectivity index (χ1n) is 8.62. The van der Waals surface area contributed by atoms with E-state index in [1.165, 1.54) is 57.8 Å². The highest BCUT2D eigenvalue weighted by Crippen LogP contribution is 2.24. The maximum absolute atomic E-state index is 10.1. The normalized spacial score (nSPS) is 12.7. The van der Waals surface area contributed by atoms with E-state index in [-0.39, 0.29) is 0 Å². The minimum Gasteiger partial charge on any atom is -0.388 e. The van der Waals surface area contributed by atoms with Crippen LogP contribution in [0.15, 0.2) is 6.20 Å². The van der Waals surface area contributed by atoms with Crippen LogP contribution in [0.4, 0.5) is 5.82 Å². The van der Waals surface area contributed by atoms with E-state index in [1.54, 1.807) is 17.9 Å². The fraction of sp³-hybridized carbons (Fsp3) is 0.824. The summed E-state index contributed by atoms with van der Waals surface area (Å²) in [5, 5.41) is 14.2.